The van der Waals surface area contributed by atoms with Gasteiger partial charge in [-0.1, -0.05) is 6.07 Å². The van der Waals surface area contributed by atoms with Gasteiger partial charge in [-0.05, 0) is 11.6 Å². The molecular formula is C12H15N3O3. The van der Waals surface area contributed by atoms with Crippen molar-refractivity contribution in [3.63, 3.8) is 0 Å². The van der Waals surface area contributed by atoms with Gasteiger partial charge in [0, 0.05) is 31.9 Å². The third-order valence-electron chi connectivity index (χ3n) is 2.67. The highest BCUT2D eigenvalue weighted by molar-refractivity contribution is 5.77. The molecule has 1 aromatic rings. The number of nitrogens with zero attached hydrogens (tertiary/aromatic N) is 2. The van der Waals surface area contributed by atoms with E-state index in [2.05, 4.69) is 10.3 Å². The molecule has 1 aliphatic rings. The van der Waals surface area contributed by atoms with Gasteiger partial charge in [-0.2, -0.15) is 0 Å². The molecule has 6 nitrogen and oxygen atoms in total. The van der Waals surface area contributed by atoms with E-state index < -0.39 is 0 Å². The van der Waals surface area contributed by atoms with E-state index in [-0.39, 0.29) is 18.4 Å². The molecule has 2 heterocycles. The molecule has 1 saturated heterocycles. The molecule has 2 amide bonds. The van der Waals surface area contributed by atoms with Crippen LogP contribution in [0.3, 0.4) is 0 Å². The number of nitrogens with one attached hydrogen (secondary N) is 1. The van der Waals surface area contributed by atoms with Crippen molar-refractivity contribution in [2.45, 2.75) is 13.0 Å². The Labute approximate surface area is 105 Å². The third-order valence-corrected chi connectivity index (χ3v) is 2.67. The zero-order valence-corrected chi connectivity index (χ0v) is 9.96. The number of carbonyl (C=O) groups excluding carboxylic acids is 2. The number of cyclic esters (lactones) is 1. The summed E-state index contributed by atoms with van der Waals surface area (Å²) in [5, 5.41) is 2.78. The lowest BCUT2D eigenvalue weighted by Gasteiger charge is -2.12. The highest BCUT2D eigenvalue weighted by Gasteiger charge is 2.21. The van der Waals surface area contributed by atoms with Gasteiger partial charge in [-0.25, -0.2) is 4.79 Å². The molecule has 1 N–H and O–H groups in total. The monoisotopic (exact) mass is 249 g/mol. The van der Waals surface area contributed by atoms with Crippen LogP contribution in [-0.2, 0) is 16.1 Å². The van der Waals surface area contributed by atoms with E-state index in [0.717, 1.165) is 5.56 Å². The average Bonchev–Trinajstić information content (AvgIpc) is 2.81. The normalized spacial score (nSPS) is 14.4. The molecule has 18 heavy (non-hydrogen) atoms. The summed E-state index contributed by atoms with van der Waals surface area (Å²) >= 11 is 0. The first kappa shape index (κ1) is 12.3. The van der Waals surface area contributed by atoms with Gasteiger partial charge in [-0.15, -0.1) is 0 Å². The van der Waals surface area contributed by atoms with E-state index in [0.29, 0.717) is 26.2 Å². The molecule has 1 aromatic heterocycles. The first-order valence-electron chi connectivity index (χ1n) is 5.83. The number of hydrogen-bond donors (Lipinski definition) is 1. The second-order valence-electron chi connectivity index (χ2n) is 3.99. The zero-order valence-electron chi connectivity index (χ0n) is 9.96. The third kappa shape index (κ3) is 3.44. The van der Waals surface area contributed by atoms with E-state index >= 15 is 0 Å². The van der Waals surface area contributed by atoms with Crippen molar-refractivity contribution in [2.24, 2.45) is 0 Å². The van der Waals surface area contributed by atoms with Crippen LogP contribution in [0, 0.1) is 0 Å². The van der Waals surface area contributed by atoms with Gasteiger partial charge in [0.25, 0.3) is 0 Å². The predicted octanol–water partition coefficient (Wildman–Crippen LogP) is 0.540. The van der Waals surface area contributed by atoms with Crippen LogP contribution in [0.2, 0.25) is 0 Å². The summed E-state index contributed by atoms with van der Waals surface area (Å²) in [6.07, 6.45) is 3.34. The minimum Gasteiger partial charge on any atom is -0.448 e. The number of amides is 2. The van der Waals surface area contributed by atoms with Crippen LogP contribution >= 0.6 is 0 Å². The van der Waals surface area contributed by atoms with Gasteiger partial charge in [0.2, 0.25) is 5.91 Å². The molecule has 1 aliphatic heterocycles. The first-order chi connectivity index (χ1) is 8.75. The summed E-state index contributed by atoms with van der Waals surface area (Å²) in [7, 11) is 0. The molecular weight excluding hydrogens is 234 g/mol. The fourth-order valence-corrected chi connectivity index (χ4v) is 1.66. The Morgan fingerprint density at radius 3 is 3.11 bits per heavy atom. The summed E-state index contributed by atoms with van der Waals surface area (Å²) in [6.45, 7) is 1.83. The molecule has 0 unspecified atom stereocenters. The highest BCUT2D eigenvalue weighted by Crippen LogP contribution is 2.03. The van der Waals surface area contributed by atoms with E-state index in [9.17, 15) is 9.59 Å². The minimum atomic E-state index is -0.338. The lowest BCUT2D eigenvalue weighted by Crippen LogP contribution is -2.31. The van der Waals surface area contributed by atoms with Gasteiger partial charge < -0.3 is 15.0 Å². The van der Waals surface area contributed by atoms with E-state index in [1.54, 1.807) is 12.4 Å². The molecule has 0 saturated carbocycles. The number of carbonyl (C=O) groups is 2. The van der Waals surface area contributed by atoms with Crippen molar-refractivity contribution in [3.8, 4) is 0 Å². The van der Waals surface area contributed by atoms with Crippen molar-refractivity contribution in [1.29, 1.82) is 0 Å². The zero-order chi connectivity index (χ0) is 12.8. The minimum absolute atomic E-state index is 0.0847. The summed E-state index contributed by atoms with van der Waals surface area (Å²) in [6, 6.07) is 3.72. The first-order valence-corrected chi connectivity index (χ1v) is 5.83. The molecule has 96 valence electrons. The lowest BCUT2D eigenvalue weighted by molar-refractivity contribution is -0.121. The van der Waals surface area contributed by atoms with E-state index in [4.69, 9.17) is 4.74 Å². The van der Waals surface area contributed by atoms with E-state index in [1.165, 1.54) is 4.90 Å². The molecule has 1 fully saturated rings. The lowest BCUT2D eigenvalue weighted by atomic mass is 10.3. The number of pyridine rings is 1. The molecule has 0 spiro atoms. The fraction of sp³-hybridized carbons (Fsp3) is 0.417. The molecule has 0 aliphatic carbocycles. The van der Waals surface area contributed by atoms with Crippen LogP contribution in [0.5, 0.6) is 0 Å². The number of aromatic nitrogens is 1. The number of rotatable bonds is 5. The molecule has 2 rings (SSSR count). The SMILES string of the molecule is O=C(CCN1CCOC1=O)NCc1cccnc1. The van der Waals surface area contributed by atoms with Gasteiger partial charge in [-0.3, -0.25) is 9.78 Å². The Hall–Kier alpha value is -2.11. The van der Waals surface area contributed by atoms with Crippen molar-refractivity contribution >= 4 is 12.0 Å². The van der Waals surface area contributed by atoms with E-state index in [1.807, 2.05) is 12.1 Å². The Morgan fingerprint density at radius 1 is 1.56 bits per heavy atom. The standard InChI is InChI=1S/C12H15N3O3/c16-11(3-5-15-6-7-18-12(15)17)14-9-10-2-1-4-13-8-10/h1-2,4,8H,3,5-7,9H2,(H,14,16). The van der Waals surface area contributed by atoms with Crippen molar-refractivity contribution in [2.75, 3.05) is 19.7 Å². The van der Waals surface area contributed by atoms with Gasteiger partial charge in [0.05, 0.1) is 6.54 Å². The van der Waals surface area contributed by atoms with Crippen molar-refractivity contribution in [3.05, 3.63) is 30.1 Å². The average molecular weight is 249 g/mol. The van der Waals surface area contributed by atoms with Crippen LogP contribution in [0.1, 0.15) is 12.0 Å². The molecule has 0 radical (unpaired) electrons. The largest absolute Gasteiger partial charge is 0.448 e. The maximum Gasteiger partial charge on any atom is 0.409 e. The fourth-order valence-electron chi connectivity index (χ4n) is 1.66. The number of hydrogen-bond acceptors (Lipinski definition) is 4. The van der Waals surface area contributed by atoms with Crippen molar-refractivity contribution in [1.82, 2.24) is 15.2 Å². The molecule has 0 bridgehead atoms. The second-order valence-corrected chi connectivity index (χ2v) is 3.99. The van der Waals surface area contributed by atoms with Crippen LogP contribution in [0.25, 0.3) is 0 Å². The van der Waals surface area contributed by atoms with Crippen LogP contribution in [-0.4, -0.2) is 41.6 Å². The Balaban J connectivity index is 1.68. The maximum atomic E-state index is 11.6. The van der Waals surface area contributed by atoms with Crippen LogP contribution < -0.4 is 5.32 Å². The van der Waals surface area contributed by atoms with Crippen LogP contribution in [0.4, 0.5) is 4.79 Å². The Bertz CT molecular complexity index is 422. The second kappa shape index (κ2) is 6.00. The molecule has 0 atom stereocenters. The summed E-state index contributed by atoms with van der Waals surface area (Å²) in [5.41, 5.74) is 0.950. The summed E-state index contributed by atoms with van der Waals surface area (Å²) in [5.74, 6) is -0.0847. The molecule has 6 heteroatoms. The summed E-state index contributed by atoms with van der Waals surface area (Å²) < 4.78 is 4.77. The van der Waals surface area contributed by atoms with Gasteiger partial charge in [0.1, 0.15) is 6.61 Å². The smallest absolute Gasteiger partial charge is 0.409 e. The highest BCUT2D eigenvalue weighted by atomic mass is 16.6. The number of ether oxygens (including phenoxy) is 1. The Kier molecular flexibility index (Phi) is 4.11. The van der Waals surface area contributed by atoms with Gasteiger partial charge >= 0.3 is 6.09 Å². The van der Waals surface area contributed by atoms with Crippen LogP contribution in [0.15, 0.2) is 24.5 Å². The topological polar surface area (TPSA) is 71.5 Å². The van der Waals surface area contributed by atoms with Gasteiger partial charge in [0.15, 0.2) is 0 Å². The molecule has 0 aromatic carbocycles. The summed E-state index contributed by atoms with van der Waals surface area (Å²) in [4.78, 5) is 28.2. The quantitative estimate of drug-likeness (QED) is 0.826. The predicted molar refractivity (Wildman–Crippen MR) is 63.6 cm³/mol. The maximum absolute atomic E-state index is 11.6. The Morgan fingerprint density at radius 2 is 2.44 bits per heavy atom. The van der Waals surface area contributed by atoms with Crippen molar-refractivity contribution < 1.29 is 14.3 Å².